The molecule has 30 heavy (non-hydrogen) atoms. The van der Waals surface area contributed by atoms with Crippen LogP contribution >= 0.6 is 22.9 Å². The first-order valence-electron chi connectivity index (χ1n) is 9.46. The molecule has 0 aliphatic heterocycles. The van der Waals surface area contributed by atoms with Gasteiger partial charge in [0, 0.05) is 23.4 Å². The molecule has 0 bridgehead atoms. The second kappa shape index (κ2) is 8.34. The van der Waals surface area contributed by atoms with Gasteiger partial charge in [-0.15, -0.1) is 0 Å². The van der Waals surface area contributed by atoms with Gasteiger partial charge in [-0.3, -0.25) is 4.79 Å². The van der Waals surface area contributed by atoms with E-state index in [0.29, 0.717) is 16.4 Å². The molecule has 4 aromatic rings. The van der Waals surface area contributed by atoms with E-state index in [9.17, 15) is 13.2 Å². The average molecular weight is 459 g/mol. The number of carbonyl (C=O) groups is 1. The van der Waals surface area contributed by atoms with Crippen LogP contribution in [0.2, 0.25) is 5.02 Å². The van der Waals surface area contributed by atoms with Crippen molar-refractivity contribution in [2.75, 3.05) is 5.75 Å². The van der Waals surface area contributed by atoms with Crippen molar-refractivity contribution in [3.63, 3.8) is 0 Å². The molecule has 5 nitrogen and oxygen atoms in total. The Morgan fingerprint density at radius 3 is 2.53 bits per heavy atom. The smallest absolute Gasteiger partial charge is 0.249 e. The Balaban J connectivity index is 1.64. The number of hydrogen-bond donors (Lipinski definition) is 0. The molecule has 0 spiro atoms. The minimum atomic E-state index is -3.58. The van der Waals surface area contributed by atoms with Gasteiger partial charge in [0.2, 0.25) is 5.91 Å². The molecule has 0 radical (unpaired) electrons. The van der Waals surface area contributed by atoms with E-state index in [1.54, 1.807) is 0 Å². The van der Waals surface area contributed by atoms with E-state index in [1.807, 2.05) is 35.8 Å². The van der Waals surface area contributed by atoms with Crippen molar-refractivity contribution >= 4 is 59.7 Å². The van der Waals surface area contributed by atoms with Gasteiger partial charge in [0.25, 0.3) is 0 Å². The van der Waals surface area contributed by atoms with Crippen LogP contribution in [-0.4, -0.2) is 24.6 Å². The minimum Gasteiger partial charge on any atom is -0.317 e. The molecule has 4 rings (SSSR count). The highest BCUT2D eigenvalue weighted by molar-refractivity contribution is 7.91. The molecule has 3 aromatic carbocycles. The van der Waals surface area contributed by atoms with Gasteiger partial charge in [0.05, 0.1) is 20.9 Å². The fourth-order valence-corrected chi connectivity index (χ4v) is 5.94. The normalized spacial score (nSPS) is 12.7. The highest BCUT2D eigenvalue weighted by Gasteiger charge is 2.17. The van der Waals surface area contributed by atoms with Crippen LogP contribution in [-0.2, 0) is 21.2 Å². The van der Waals surface area contributed by atoms with E-state index in [-0.39, 0.29) is 17.1 Å². The molecule has 0 aliphatic rings. The Morgan fingerprint density at radius 2 is 1.80 bits per heavy atom. The van der Waals surface area contributed by atoms with Crippen molar-refractivity contribution in [2.24, 2.45) is 4.99 Å². The Hall–Kier alpha value is -2.48. The van der Waals surface area contributed by atoms with E-state index in [1.165, 1.54) is 35.6 Å². The average Bonchev–Trinajstić information content (AvgIpc) is 3.10. The second-order valence-electron chi connectivity index (χ2n) is 6.79. The summed E-state index contributed by atoms with van der Waals surface area (Å²) in [6.45, 7) is 2.66. The van der Waals surface area contributed by atoms with Gasteiger partial charge >= 0.3 is 0 Å². The lowest BCUT2D eigenvalue weighted by Crippen LogP contribution is -2.17. The van der Waals surface area contributed by atoms with Crippen molar-refractivity contribution in [1.29, 1.82) is 0 Å². The number of aryl methyl sites for hydroxylation is 1. The van der Waals surface area contributed by atoms with Gasteiger partial charge in [0.15, 0.2) is 14.6 Å². The number of thiazole rings is 1. The van der Waals surface area contributed by atoms with Gasteiger partial charge in [0.1, 0.15) is 0 Å². The summed E-state index contributed by atoms with van der Waals surface area (Å²) in [5, 5.41) is 2.70. The van der Waals surface area contributed by atoms with Gasteiger partial charge in [-0.25, -0.2) is 8.42 Å². The maximum Gasteiger partial charge on any atom is 0.249 e. The molecule has 0 atom stereocenters. The predicted octanol–water partition coefficient (Wildman–Crippen LogP) is 4.82. The zero-order valence-corrected chi connectivity index (χ0v) is 18.6. The molecule has 0 N–H and O–H groups in total. The standard InChI is InChI=1S/C22H19ClN2O3S2/c1-2-25-19-12-7-15-5-3-4-6-18(15)21(19)29-22(25)24-20(26)13-14-30(27,28)17-10-8-16(23)9-11-17/h3-12H,2,13-14H2,1H3. The van der Waals surface area contributed by atoms with Gasteiger partial charge < -0.3 is 4.57 Å². The second-order valence-corrected chi connectivity index (χ2v) is 10.3. The number of fused-ring (bicyclic) bond motifs is 3. The molecule has 0 aliphatic carbocycles. The van der Waals surface area contributed by atoms with E-state index in [2.05, 4.69) is 17.1 Å². The number of halogens is 1. The molecule has 0 fully saturated rings. The highest BCUT2D eigenvalue weighted by atomic mass is 35.5. The van der Waals surface area contributed by atoms with Crippen LogP contribution in [0.5, 0.6) is 0 Å². The Bertz CT molecular complexity index is 1420. The molecule has 0 saturated carbocycles. The van der Waals surface area contributed by atoms with E-state index in [4.69, 9.17) is 11.6 Å². The number of rotatable bonds is 5. The van der Waals surface area contributed by atoms with E-state index < -0.39 is 15.7 Å². The molecule has 1 amide bonds. The molecular weight excluding hydrogens is 440 g/mol. The number of sulfone groups is 1. The van der Waals surface area contributed by atoms with Crippen LogP contribution in [0.1, 0.15) is 13.3 Å². The number of carbonyl (C=O) groups excluding carboxylic acids is 1. The van der Waals surface area contributed by atoms with Crippen molar-refractivity contribution in [3.05, 3.63) is 70.5 Å². The van der Waals surface area contributed by atoms with Crippen molar-refractivity contribution < 1.29 is 13.2 Å². The van der Waals surface area contributed by atoms with Crippen LogP contribution in [0.3, 0.4) is 0 Å². The van der Waals surface area contributed by atoms with Gasteiger partial charge in [-0.2, -0.15) is 4.99 Å². The summed E-state index contributed by atoms with van der Waals surface area (Å²) in [6.07, 6.45) is -0.177. The zero-order valence-electron chi connectivity index (χ0n) is 16.2. The maximum absolute atomic E-state index is 12.5. The predicted molar refractivity (Wildman–Crippen MR) is 122 cm³/mol. The first kappa shape index (κ1) is 20.8. The van der Waals surface area contributed by atoms with Crippen LogP contribution in [0.15, 0.2) is 70.6 Å². The zero-order chi connectivity index (χ0) is 21.3. The summed E-state index contributed by atoms with van der Waals surface area (Å²) in [7, 11) is -3.58. The van der Waals surface area contributed by atoms with Crippen molar-refractivity contribution in [1.82, 2.24) is 4.57 Å². The Morgan fingerprint density at radius 1 is 1.07 bits per heavy atom. The number of nitrogens with zero attached hydrogens (tertiary/aromatic N) is 2. The largest absolute Gasteiger partial charge is 0.317 e. The molecule has 8 heteroatoms. The SMILES string of the molecule is CCn1c(=NC(=O)CCS(=O)(=O)c2ccc(Cl)cc2)sc2c3ccccc3ccc21. The number of benzene rings is 3. The number of amides is 1. The quantitative estimate of drug-likeness (QED) is 0.430. The van der Waals surface area contributed by atoms with Gasteiger partial charge in [-0.05, 0) is 42.6 Å². The van der Waals surface area contributed by atoms with E-state index >= 15 is 0 Å². The first-order valence-corrected chi connectivity index (χ1v) is 12.3. The molecule has 154 valence electrons. The summed E-state index contributed by atoms with van der Waals surface area (Å²) in [5.41, 5.74) is 1.02. The molecular formula is C22H19ClN2O3S2. The fraction of sp³-hybridized carbons (Fsp3) is 0.182. The topological polar surface area (TPSA) is 68.5 Å². The third-order valence-corrected chi connectivity index (χ3v) is 7.98. The van der Waals surface area contributed by atoms with Crippen molar-refractivity contribution in [3.8, 4) is 0 Å². The fourth-order valence-electron chi connectivity index (χ4n) is 3.33. The van der Waals surface area contributed by atoms with Gasteiger partial charge in [-0.1, -0.05) is 53.3 Å². The first-order chi connectivity index (χ1) is 14.4. The molecule has 0 unspecified atom stereocenters. The lowest BCUT2D eigenvalue weighted by Gasteiger charge is -2.03. The summed E-state index contributed by atoms with van der Waals surface area (Å²) < 4.78 is 28.0. The van der Waals surface area contributed by atoms with E-state index in [0.717, 1.165) is 21.0 Å². The third kappa shape index (κ3) is 4.05. The monoisotopic (exact) mass is 458 g/mol. The summed E-state index contributed by atoms with van der Waals surface area (Å²) in [5.74, 6) is -0.748. The van der Waals surface area contributed by atoms with Crippen molar-refractivity contribution in [2.45, 2.75) is 24.8 Å². The van der Waals surface area contributed by atoms with Crippen LogP contribution in [0.4, 0.5) is 0 Å². The lowest BCUT2D eigenvalue weighted by atomic mass is 10.1. The van der Waals surface area contributed by atoms with Crippen LogP contribution in [0, 0.1) is 0 Å². The molecule has 1 aromatic heterocycles. The third-order valence-electron chi connectivity index (χ3n) is 4.87. The highest BCUT2D eigenvalue weighted by Crippen LogP contribution is 2.27. The Kier molecular flexibility index (Phi) is 5.77. The minimum absolute atomic E-state index is 0.150. The number of hydrogen-bond acceptors (Lipinski definition) is 4. The van der Waals surface area contributed by atoms with Crippen LogP contribution in [0.25, 0.3) is 21.0 Å². The lowest BCUT2D eigenvalue weighted by molar-refractivity contribution is -0.117. The number of aromatic nitrogens is 1. The summed E-state index contributed by atoms with van der Waals surface area (Å²) in [4.78, 5) is 17.5. The molecule has 0 saturated heterocycles. The molecule has 1 heterocycles. The Labute approximate surface area is 183 Å². The summed E-state index contributed by atoms with van der Waals surface area (Å²) in [6, 6.07) is 18.1. The van der Waals surface area contributed by atoms with Crippen LogP contribution < -0.4 is 4.80 Å². The summed E-state index contributed by atoms with van der Waals surface area (Å²) >= 11 is 7.26. The maximum atomic E-state index is 12.5.